The third kappa shape index (κ3) is 8.04. The largest absolute Gasteiger partial charge is 0.462 e. The van der Waals surface area contributed by atoms with Crippen LogP contribution in [0.5, 0.6) is 0 Å². The summed E-state index contributed by atoms with van der Waals surface area (Å²) in [5, 5.41) is 9.41. The molecule has 0 heterocycles. The molecule has 3 nitrogen and oxygen atoms in total. The van der Waals surface area contributed by atoms with Crippen LogP contribution in [0, 0.1) is 23.7 Å². The molecule has 0 saturated heterocycles. The van der Waals surface area contributed by atoms with Crippen molar-refractivity contribution < 1.29 is 14.6 Å². The maximum Gasteiger partial charge on any atom is 0.330 e. The van der Waals surface area contributed by atoms with Gasteiger partial charge in [-0.05, 0) is 43.9 Å². The lowest BCUT2D eigenvalue weighted by atomic mass is 9.82. The Labute approximate surface area is 118 Å². The van der Waals surface area contributed by atoms with Crippen LogP contribution < -0.4 is 0 Å². The Bertz CT molecular complexity index is 288. The van der Waals surface area contributed by atoms with Crippen LogP contribution in [0.3, 0.4) is 0 Å². The van der Waals surface area contributed by atoms with Crippen LogP contribution in [-0.4, -0.2) is 24.3 Å². The molecule has 112 valence electrons. The molecule has 0 aliphatic rings. The van der Waals surface area contributed by atoms with Gasteiger partial charge in [0.1, 0.15) is 0 Å². The summed E-state index contributed by atoms with van der Waals surface area (Å²) in [7, 11) is 0. The van der Waals surface area contributed by atoms with Crippen LogP contribution in [-0.2, 0) is 9.53 Å². The van der Waals surface area contributed by atoms with Gasteiger partial charge in [0.05, 0.1) is 6.61 Å². The molecule has 0 aliphatic carbocycles. The summed E-state index contributed by atoms with van der Waals surface area (Å²) < 4.78 is 5.30. The minimum Gasteiger partial charge on any atom is -0.462 e. The molecule has 2 atom stereocenters. The van der Waals surface area contributed by atoms with Gasteiger partial charge in [-0.25, -0.2) is 4.79 Å². The second-order valence-corrected chi connectivity index (χ2v) is 6.28. The van der Waals surface area contributed by atoms with E-state index in [9.17, 15) is 9.90 Å². The lowest BCUT2D eigenvalue weighted by molar-refractivity contribution is -0.139. The second-order valence-electron chi connectivity index (χ2n) is 6.28. The highest BCUT2D eigenvalue weighted by Crippen LogP contribution is 2.25. The molecule has 0 radical (unpaired) electrons. The molecule has 0 aromatic carbocycles. The van der Waals surface area contributed by atoms with Crippen LogP contribution in [0.4, 0.5) is 0 Å². The fourth-order valence-corrected chi connectivity index (χ4v) is 1.95. The summed E-state index contributed by atoms with van der Waals surface area (Å²) in [6, 6.07) is 0. The summed E-state index contributed by atoms with van der Waals surface area (Å²) in [6.07, 6.45) is 2.41. The molecular weight excluding hydrogens is 240 g/mol. The predicted molar refractivity (Wildman–Crippen MR) is 78.7 cm³/mol. The number of aliphatic hydroxyl groups is 1. The normalized spacial score (nSPS) is 14.4. The van der Waals surface area contributed by atoms with Crippen molar-refractivity contribution >= 4 is 5.97 Å². The van der Waals surface area contributed by atoms with E-state index in [4.69, 9.17) is 4.74 Å². The Morgan fingerprint density at radius 3 is 2.00 bits per heavy atom. The molecule has 0 aliphatic heterocycles. The first-order chi connectivity index (χ1) is 8.77. The molecule has 3 heteroatoms. The summed E-state index contributed by atoms with van der Waals surface area (Å²) in [4.78, 5) is 11.5. The standard InChI is InChI=1S/C16H30O3/c1-11(2)7-16(18)19-10-15(13(5)6)8-14(9-17)12(3)4/h7,12-15,17H,8-10H2,1-6H3. The van der Waals surface area contributed by atoms with Crippen LogP contribution in [0.2, 0.25) is 0 Å². The Morgan fingerprint density at radius 1 is 1.11 bits per heavy atom. The summed E-state index contributed by atoms with van der Waals surface area (Å²) in [5.41, 5.74) is 0.946. The fraction of sp³-hybridized carbons (Fsp3) is 0.812. The molecule has 2 unspecified atom stereocenters. The average Bonchev–Trinajstić information content (AvgIpc) is 2.27. The Morgan fingerprint density at radius 2 is 1.63 bits per heavy atom. The Kier molecular flexibility index (Phi) is 8.73. The van der Waals surface area contributed by atoms with Gasteiger partial charge in [-0.1, -0.05) is 33.3 Å². The van der Waals surface area contributed by atoms with Crippen LogP contribution >= 0.6 is 0 Å². The number of hydrogen-bond acceptors (Lipinski definition) is 3. The zero-order chi connectivity index (χ0) is 15.0. The van der Waals surface area contributed by atoms with E-state index in [0.717, 1.165) is 12.0 Å². The van der Waals surface area contributed by atoms with Crippen molar-refractivity contribution in [1.82, 2.24) is 0 Å². The maximum absolute atomic E-state index is 11.5. The van der Waals surface area contributed by atoms with Crippen molar-refractivity contribution in [3.05, 3.63) is 11.6 Å². The summed E-state index contributed by atoms with van der Waals surface area (Å²) in [6.45, 7) is 12.9. The molecule has 0 saturated carbocycles. The SMILES string of the molecule is CC(C)=CC(=O)OCC(CC(CO)C(C)C)C(C)C. The quantitative estimate of drug-likeness (QED) is 0.543. The van der Waals surface area contributed by atoms with Gasteiger partial charge in [0.15, 0.2) is 0 Å². The third-order valence-corrected chi connectivity index (χ3v) is 3.57. The van der Waals surface area contributed by atoms with Gasteiger partial charge in [0.2, 0.25) is 0 Å². The summed E-state index contributed by atoms with van der Waals surface area (Å²) in [5.74, 6) is 1.19. The number of allylic oxidation sites excluding steroid dienone is 1. The minimum absolute atomic E-state index is 0.197. The number of ether oxygens (including phenoxy) is 1. The van der Waals surface area contributed by atoms with Crippen LogP contribution in [0.15, 0.2) is 11.6 Å². The number of esters is 1. The van der Waals surface area contributed by atoms with Gasteiger partial charge < -0.3 is 9.84 Å². The number of carbonyl (C=O) groups is 1. The van der Waals surface area contributed by atoms with Crippen molar-refractivity contribution in [2.45, 2.75) is 48.0 Å². The zero-order valence-corrected chi connectivity index (χ0v) is 13.3. The van der Waals surface area contributed by atoms with E-state index in [1.165, 1.54) is 6.08 Å². The molecule has 0 aromatic rings. The maximum atomic E-state index is 11.5. The highest BCUT2D eigenvalue weighted by Gasteiger charge is 2.22. The second kappa shape index (κ2) is 9.13. The molecule has 0 rings (SSSR count). The lowest BCUT2D eigenvalue weighted by Gasteiger charge is -2.27. The van der Waals surface area contributed by atoms with Gasteiger partial charge >= 0.3 is 5.97 Å². The molecule has 0 aromatic heterocycles. The monoisotopic (exact) mass is 270 g/mol. The van der Waals surface area contributed by atoms with Crippen LogP contribution in [0.1, 0.15) is 48.0 Å². The van der Waals surface area contributed by atoms with Gasteiger partial charge in [-0.3, -0.25) is 0 Å². The molecule has 0 bridgehead atoms. The number of aliphatic hydroxyl groups excluding tert-OH is 1. The first-order valence-electron chi connectivity index (χ1n) is 7.20. The van der Waals surface area contributed by atoms with E-state index in [1.807, 2.05) is 13.8 Å². The lowest BCUT2D eigenvalue weighted by Crippen LogP contribution is -2.25. The van der Waals surface area contributed by atoms with E-state index in [1.54, 1.807) is 0 Å². The Balaban J connectivity index is 4.42. The number of carbonyl (C=O) groups excluding carboxylic acids is 1. The van der Waals surface area contributed by atoms with E-state index in [0.29, 0.717) is 24.4 Å². The van der Waals surface area contributed by atoms with E-state index in [2.05, 4.69) is 27.7 Å². The molecule has 19 heavy (non-hydrogen) atoms. The van der Waals surface area contributed by atoms with Crippen molar-refractivity contribution in [2.75, 3.05) is 13.2 Å². The first-order valence-corrected chi connectivity index (χ1v) is 7.20. The third-order valence-electron chi connectivity index (χ3n) is 3.57. The molecule has 0 spiro atoms. The predicted octanol–water partition coefficient (Wildman–Crippen LogP) is 3.42. The molecule has 1 N–H and O–H groups in total. The zero-order valence-electron chi connectivity index (χ0n) is 13.3. The molecule has 0 amide bonds. The van der Waals surface area contributed by atoms with E-state index in [-0.39, 0.29) is 18.5 Å². The van der Waals surface area contributed by atoms with Gasteiger partial charge in [0.25, 0.3) is 0 Å². The fourth-order valence-electron chi connectivity index (χ4n) is 1.95. The average molecular weight is 270 g/mol. The van der Waals surface area contributed by atoms with E-state index < -0.39 is 0 Å². The highest BCUT2D eigenvalue weighted by molar-refractivity contribution is 5.82. The number of rotatable bonds is 8. The van der Waals surface area contributed by atoms with Crippen molar-refractivity contribution in [3.63, 3.8) is 0 Å². The molecular formula is C16H30O3. The van der Waals surface area contributed by atoms with E-state index >= 15 is 0 Å². The number of hydrogen-bond donors (Lipinski definition) is 1. The Hall–Kier alpha value is -0.830. The summed E-state index contributed by atoms with van der Waals surface area (Å²) >= 11 is 0. The van der Waals surface area contributed by atoms with Crippen molar-refractivity contribution in [1.29, 1.82) is 0 Å². The van der Waals surface area contributed by atoms with Crippen LogP contribution in [0.25, 0.3) is 0 Å². The topological polar surface area (TPSA) is 46.5 Å². The van der Waals surface area contributed by atoms with Gasteiger partial charge in [0, 0.05) is 12.7 Å². The van der Waals surface area contributed by atoms with Crippen molar-refractivity contribution in [2.24, 2.45) is 23.7 Å². The van der Waals surface area contributed by atoms with Gasteiger partial charge in [-0.2, -0.15) is 0 Å². The smallest absolute Gasteiger partial charge is 0.330 e. The minimum atomic E-state index is -0.268. The van der Waals surface area contributed by atoms with Gasteiger partial charge in [-0.15, -0.1) is 0 Å². The first kappa shape index (κ1) is 18.2. The van der Waals surface area contributed by atoms with Crippen molar-refractivity contribution in [3.8, 4) is 0 Å². The highest BCUT2D eigenvalue weighted by atomic mass is 16.5. The molecule has 0 fully saturated rings.